The van der Waals surface area contributed by atoms with Crippen LogP contribution in [0.2, 0.25) is 0 Å². The summed E-state index contributed by atoms with van der Waals surface area (Å²) in [4.78, 5) is 11.5. The van der Waals surface area contributed by atoms with E-state index in [0.29, 0.717) is 5.82 Å². The van der Waals surface area contributed by atoms with Gasteiger partial charge in [0.2, 0.25) is 0 Å². The van der Waals surface area contributed by atoms with Crippen molar-refractivity contribution in [2.75, 3.05) is 24.6 Å². The average molecular weight is 288 g/mol. The standard InChI is InChI=1S/C15H20N4S/c1-2-11-9-19(7-8-20-11)10-14-17-13-6-4-3-5-12(13)15(16)18-14/h3-6,11H,2,7-10H2,1H3,(H2,16,17,18)/t11-/m1/s1. The number of nitrogens with two attached hydrogens (primary N) is 1. The number of para-hydroxylation sites is 1. The van der Waals surface area contributed by atoms with Gasteiger partial charge in [-0.3, -0.25) is 4.90 Å². The monoisotopic (exact) mass is 288 g/mol. The van der Waals surface area contributed by atoms with Gasteiger partial charge < -0.3 is 5.73 Å². The SMILES string of the molecule is CC[C@@H]1CN(Cc2nc(N)c3ccccc3n2)CCS1. The average Bonchev–Trinajstić information content (AvgIpc) is 2.47. The zero-order valence-corrected chi connectivity index (χ0v) is 12.6. The van der Waals surface area contributed by atoms with Crippen molar-refractivity contribution in [3.63, 3.8) is 0 Å². The quantitative estimate of drug-likeness (QED) is 0.940. The van der Waals surface area contributed by atoms with Crippen LogP contribution < -0.4 is 5.73 Å². The summed E-state index contributed by atoms with van der Waals surface area (Å²) >= 11 is 2.08. The van der Waals surface area contributed by atoms with Gasteiger partial charge in [-0.15, -0.1) is 0 Å². The minimum Gasteiger partial charge on any atom is -0.383 e. The van der Waals surface area contributed by atoms with Gasteiger partial charge in [0.15, 0.2) is 0 Å². The van der Waals surface area contributed by atoms with Crippen molar-refractivity contribution in [1.82, 2.24) is 14.9 Å². The Bertz CT molecular complexity index is 601. The summed E-state index contributed by atoms with van der Waals surface area (Å²) in [7, 11) is 0. The van der Waals surface area contributed by atoms with Crippen LogP contribution in [-0.2, 0) is 6.54 Å². The first kappa shape index (κ1) is 13.6. The summed E-state index contributed by atoms with van der Waals surface area (Å²) in [6, 6.07) is 7.93. The Balaban J connectivity index is 1.80. The molecule has 1 saturated heterocycles. The Morgan fingerprint density at radius 1 is 1.35 bits per heavy atom. The summed E-state index contributed by atoms with van der Waals surface area (Å²) in [5.74, 6) is 2.62. The number of nitrogens with zero attached hydrogens (tertiary/aromatic N) is 3. The van der Waals surface area contributed by atoms with Crippen LogP contribution in [0, 0.1) is 0 Å². The maximum absolute atomic E-state index is 6.04. The highest BCUT2D eigenvalue weighted by Crippen LogP contribution is 2.23. The van der Waals surface area contributed by atoms with Crippen molar-refractivity contribution in [2.24, 2.45) is 0 Å². The zero-order chi connectivity index (χ0) is 13.9. The lowest BCUT2D eigenvalue weighted by atomic mass is 10.2. The van der Waals surface area contributed by atoms with Gasteiger partial charge in [-0.2, -0.15) is 11.8 Å². The lowest BCUT2D eigenvalue weighted by Gasteiger charge is -2.31. The van der Waals surface area contributed by atoms with Gasteiger partial charge in [-0.05, 0) is 18.6 Å². The third-order valence-corrected chi connectivity index (χ3v) is 5.09. The molecule has 1 aliphatic heterocycles. The molecule has 2 aromatic rings. The molecule has 0 unspecified atom stereocenters. The molecule has 1 aromatic carbocycles. The van der Waals surface area contributed by atoms with E-state index < -0.39 is 0 Å². The Hall–Kier alpha value is -1.33. The maximum atomic E-state index is 6.04. The predicted octanol–water partition coefficient (Wildman–Crippen LogP) is 2.54. The van der Waals surface area contributed by atoms with Gasteiger partial charge in [0.25, 0.3) is 0 Å². The molecule has 0 aliphatic carbocycles. The van der Waals surface area contributed by atoms with Crippen molar-refractivity contribution in [3.8, 4) is 0 Å². The van der Waals surface area contributed by atoms with E-state index in [1.807, 2.05) is 24.3 Å². The van der Waals surface area contributed by atoms with Gasteiger partial charge >= 0.3 is 0 Å². The molecule has 1 atom stereocenters. The molecule has 2 N–H and O–H groups in total. The second-order valence-electron chi connectivity index (χ2n) is 5.18. The van der Waals surface area contributed by atoms with E-state index in [0.717, 1.165) is 41.6 Å². The number of anilines is 1. The van der Waals surface area contributed by atoms with E-state index >= 15 is 0 Å². The van der Waals surface area contributed by atoms with Crippen molar-refractivity contribution in [3.05, 3.63) is 30.1 Å². The highest BCUT2D eigenvalue weighted by atomic mass is 32.2. The summed E-state index contributed by atoms with van der Waals surface area (Å²) in [6.45, 7) is 5.28. The molecule has 20 heavy (non-hydrogen) atoms. The third kappa shape index (κ3) is 2.88. The van der Waals surface area contributed by atoms with Crippen LogP contribution in [0.5, 0.6) is 0 Å². The van der Waals surface area contributed by atoms with Crippen LogP contribution in [-0.4, -0.2) is 39.0 Å². The Kier molecular flexibility index (Phi) is 4.08. The highest BCUT2D eigenvalue weighted by Gasteiger charge is 2.20. The molecule has 0 amide bonds. The smallest absolute Gasteiger partial charge is 0.145 e. The van der Waals surface area contributed by atoms with Crippen LogP contribution in [0.1, 0.15) is 19.2 Å². The number of hydrogen-bond acceptors (Lipinski definition) is 5. The topological polar surface area (TPSA) is 55.0 Å². The molecule has 106 valence electrons. The van der Waals surface area contributed by atoms with Crippen molar-refractivity contribution >= 4 is 28.5 Å². The molecule has 0 spiro atoms. The molecule has 2 heterocycles. The fourth-order valence-electron chi connectivity index (χ4n) is 2.59. The number of fused-ring (bicyclic) bond motifs is 1. The van der Waals surface area contributed by atoms with Gasteiger partial charge in [0.1, 0.15) is 11.6 Å². The van der Waals surface area contributed by atoms with E-state index in [9.17, 15) is 0 Å². The molecule has 1 fully saturated rings. The van der Waals surface area contributed by atoms with E-state index in [1.54, 1.807) is 0 Å². The number of thioether (sulfide) groups is 1. The highest BCUT2D eigenvalue weighted by molar-refractivity contribution is 8.00. The molecule has 3 rings (SSSR count). The molecular weight excluding hydrogens is 268 g/mol. The minimum atomic E-state index is 0.587. The van der Waals surface area contributed by atoms with Crippen LogP contribution in [0.15, 0.2) is 24.3 Å². The molecule has 0 radical (unpaired) electrons. The minimum absolute atomic E-state index is 0.587. The van der Waals surface area contributed by atoms with Gasteiger partial charge in [0, 0.05) is 29.5 Å². The molecule has 5 heteroatoms. The first-order chi connectivity index (χ1) is 9.76. The van der Waals surface area contributed by atoms with E-state index in [2.05, 4.69) is 33.6 Å². The third-order valence-electron chi connectivity index (χ3n) is 3.72. The second kappa shape index (κ2) is 5.97. The Labute approximate surface area is 123 Å². The number of benzene rings is 1. The number of hydrogen-bond donors (Lipinski definition) is 1. The molecule has 4 nitrogen and oxygen atoms in total. The lowest BCUT2D eigenvalue weighted by Crippen LogP contribution is -2.37. The number of rotatable bonds is 3. The summed E-state index contributed by atoms with van der Waals surface area (Å²) < 4.78 is 0. The summed E-state index contributed by atoms with van der Waals surface area (Å²) in [5.41, 5.74) is 6.98. The Morgan fingerprint density at radius 2 is 2.20 bits per heavy atom. The second-order valence-corrected chi connectivity index (χ2v) is 6.59. The van der Waals surface area contributed by atoms with E-state index in [4.69, 9.17) is 5.73 Å². The summed E-state index contributed by atoms with van der Waals surface area (Å²) in [5, 5.41) is 1.68. The van der Waals surface area contributed by atoms with Crippen LogP contribution in [0.25, 0.3) is 10.9 Å². The van der Waals surface area contributed by atoms with Crippen LogP contribution >= 0.6 is 11.8 Å². The van der Waals surface area contributed by atoms with Gasteiger partial charge in [0.05, 0.1) is 12.1 Å². The van der Waals surface area contributed by atoms with Gasteiger partial charge in [-0.25, -0.2) is 9.97 Å². The van der Waals surface area contributed by atoms with Crippen molar-refractivity contribution < 1.29 is 0 Å². The largest absolute Gasteiger partial charge is 0.383 e. The lowest BCUT2D eigenvalue weighted by molar-refractivity contribution is 0.267. The van der Waals surface area contributed by atoms with Gasteiger partial charge in [-0.1, -0.05) is 19.1 Å². The van der Waals surface area contributed by atoms with Crippen molar-refractivity contribution in [2.45, 2.75) is 25.1 Å². The molecule has 1 aromatic heterocycles. The predicted molar refractivity (Wildman–Crippen MR) is 85.8 cm³/mol. The molecular formula is C15H20N4S. The zero-order valence-electron chi connectivity index (χ0n) is 11.7. The van der Waals surface area contributed by atoms with E-state index in [-0.39, 0.29) is 0 Å². The fourth-order valence-corrected chi connectivity index (χ4v) is 3.84. The first-order valence-corrected chi connectivity index (χ1v) is 8.16. The number of aromatic nitrogens is 2. The number of nitrogen functional groups attached to an aromatic ring is 1. The Morgan fingerprint density at radius 3 is 3.05 bits per heavy atom. The molecule has 1 aliphatic rings. The normalized spacial score (nSPS) is 20.4. The molecule has 0 saturated carbocycles. The van der Waals surface area contributed by atoms with Crippen LogP contribution in [0.4, 0.5) is 5.82 Å². The summed E-state index contributed by atoms with van der Waals surface area (Å²) in [6.07, 6.45) is 1.22. The molecule has 0 bridgehead atoms. The van der Waals surface area contributed by atoms with Crippen LogP contribution in [0.3, 0.4) is 0 Å². The maximum Gasteiger partial charge on any atom is 0.145 e. The fraction of sp³-hybridized carbons (Fsp3) is 0.467. The first-order valence-electron chi connectivity index (χ1n) is 7.11. The van der Waals surface area contributed by atoms with Crippen molar-refractivity contribution in [1.29, 1.82) is 0 Å². The van der Waals surface area contributed by atoms with E-state index in [1.165, 1.54) is 12.2 Å².